The van der Waals surface area contributed by atoms with Crippen LogP contribution < -0.4 is 11.9 Å². The maximum Gasteiger partial charge on any atom is 0.312 e. The molecule has 2 rings (SSSR count). The third kappa shape index (κ3) is 3.41. The SMILES string of the molecule is CC(C)n1nccc1[C@@H]1CC[C@H](C)CN1C(=O)C(N)=O.N. The van der Waals surface area contributed by atoms with Crippen molar-refractivity contribution in [2.45, 2.75) is 45.7 Å². The van der Waals surface area contributed by atoms with Crippen LogP contribution in [-0.4, -0.2) is 33.0 Å². The number of hydrogen-bond acceptors (Lipinski definition) is 4. The molecule has 0 radical (unpaired) electrons. The van der Waals surface area contributed by atoms with E-state index in [1.54, 1.807) is 11.1 Å². The van der Waals surface area contributed by atoms with Gasteiger partial charge in [-0.05, 0) is 38.7 Å². The van der Waals surface area contributed by atoms with E-state index in [1.807, 2.05) is 24.6 Å². The summed E-state index contributed by atoms with van der Waals surface area (Å²) in [7, 11) is 0. The predicted molar refractivity (Wildman–Crippen MR) is 79.7 cm³/mol. The first-order valence-electron chi connectivity index (χ1n) is 7.05. The lowest BCUT2D eigenvalue weighted by Crippen LogP contribution is -2.47. The summed E-state index contributed by atoms with van der Waals surface area (Å²) >= 11 is 0. The third-order valence-electron chi connectivity index (χ3n) is 3.82. The molecule has 2 heterocycles. The molecule has 0 spiro atoms. The second kappa shape index (κ2) is 6.71. The first-order chi connectivity index (χ1) is 9.41. The highest BCUT2D eigenvalue weighted by Gasteiger charge is 2.35. The van der Waals surface area contributed by atoms with Gasteiger partial charge >= 0.3 is 11.8 Å². The first-order valence-corrected chi connectivity index (χ1v) is 7.05. The molecule has 7 heteroatoms. The zero-order valence-corrected chi connectivity index (χ0v) is 13.0. The molecule has 1 aliphatic rings. The number of likely N-dealkylation sites (tertiary alicyclic amines) is 1. The number of carbonyl (C=O) groups excluding carboxylic acids is 2. The van der Waals surface area contributed by atoms with Crippen LogP contribution in [0.3, 0.4) is 0 Å². The average Bonchev–Trinajstić information content (AvgIpc) is 2.86. The molecule has 1 aromatic rings. The van der Waals surface area contributed by atoms with Gasteiger partial charge in [-0.2, -0.15) is 5.10 Å². The lowest BCUT2D eigenvalue weighted by Gasteiger charge is -2.38. The van der Waals surface area contributed by atoms with Crippen molar-refractivity contribution in [2.75, 3.05) is 6.54 Å². The van der Waals surface area contributed by atoms with Crippen molar-refractivity contribution in [1.82, 2.24) is 20.8 Å². The number of piperidine rings is 1. The highest BCUT2D eigenvalue weighted by Crippen LogP contribution is 2.34. The molecule has 0 saturated carbocycles. The van der Waals surface area contributed by atoms with Gasteiger partial charge in [0, 0.05) is 18.8 Å². The van der Waals surface area contributed by atoms with Gasteiger partial charge in [0.1, 0.15) is 0 Å². The molecule has 5 N–H and O–H groups in total. The standard InChI is InChI=1S/C14H22N4O2.H3N/c1-9(2)18-12(6-7-16-18)11-5-4-10(3)8-17(11)14(20)13(15)19;/h6-7,9-11H,4-5,8H2,1-3H3,(H2,15,19);1H3/t10-,11-;/m0./s1. The molecule has 1 aliphatic heterocycles. The summed E-state index contributed by atoms with van der Waals surface area (Å²) in [4.78, 5) is 24.9. The molecule has 118 valence electrons. The number of nitrogens with zero attached hydrogens (tertiary/aromatic N) is 3. The lowest BCUT2D eigenvalue weighted by molar-refractivity contribution is -0.147. The van der Waals surface area contributed by atoms with Gasteiger partial charge < -0.3 is 16.8 Å². The molecule has 2 atom stereocenters. The van der Waals surface area contributed by atoms with Crippen LogP contribution in [0.1, 0.15) is 51.4 Å². The normalized spacial score (nSPS) is 22.0. The number of aromatic nitrogens is 2. The Balaban J connectivity index is 0.00000220. The van der Waals surface area contributed by atoms with Crippen LogP contribution >= 0.6 is 0 Å². The van der Waals surface area contributed by atoms with E-state index < -0.39 is 11.8 Å². The minimum atomic E-state index is -0.889. The van der Waals surface area contributed by atoms with Gasteiger partial charge in [-0.1, -0.05) is 6.92 Å². The smallest absolute Gasteiger partial charge is 0.312 e. The fourth-order valence-corrected chi connectivity index (χ4v) is 2.85. The van der Waals surface area contributed by atoms with E-state index in [4.69, 9.17) is 5.73 Å². The highest BCUT2D eigenvalue weighted by atomic mass is 16.2. The molecule has 1 aromatic heterocycles. The van der Waals surface area contributed by atoms with Crippen molar-refractivity contribution in [1.29, 1.82) is 0 Å². The summed E-state index contributed by atoms with van der Waals surface area (Å²) < 4.78 is 1.90. The van der Waals surface area contributed by atoms with E-state index in [1.165, 1.54) is 0 Å². The minimum Gasteiger partial charge on any atom is -0.361 e. The largest absolute Gasteiger partial charge is 0.361 e. The summed E-state index contributed by atoms with van der Waals surface area (Å²) in [6.45, 7) is 6.73. The number of nitrogens with two attached hydrogens (primary N) is 1. The van der Waals surface area contributed by atoms with Crippen LogP contribution in [0, 0.1) is 5.92 Å². The van der Waals surface area contributed by atoms with Crippen LogP contribution in [0.2, 0.25) is 0 Å². The molecule has 0 aliphatic carbocycles. The zero-order chi connectivity index (χ0) is 14.9. The van der Waals surface area contributed by atoms with Gasteiger partial charge in [0.15, 0.2) is 0 Å². The number of primary amides is 1. The summed E-state index contributed by atoms with van der Waals surface area (Å²) in [5.74, 6) is -1.11. The minimum absolute atomic E-state index is 0. The van der Waals surface area contributed by atoms with Gasteiger partial charge in [0.25, 0.3) is 0 Å². The van der Waals surface area contributed by atoms with Crippen molar-refractivity contribution in [2.24, 2.45) is 11.7 Å². The number of carbonyl (C=O) groups is 2. The first kappa shape index (κ1) is 17.2. The molecule has 1 fully saturated rings. The Kier molecular flexibility index (Phi) is 5.48. The second-order valence-electron chi connectivity index (χ2n) is 5.81. The maximum atomic E-state index is 12.1. The molecule has 0 aromatic carbocycles. The number of rotatable bonds is 2. The van der Waals surface area contributed by atoms with Crippen molar-refractivity contribution in [3.8, 4) is 0 Å². The number of amides is 2. The van der Waals surface area contributed by atoms with Crippen LogP contribution in [0.25, 0.3) is 0 Å². The third-order valence-corrected chi connectivity index (χ3v) is 3.82. The maximum absolute atomic E-state index is 12.1. The summed E-state index contributed by atoms with van der Waals surface area (Å²) in [6, 6.07) is 2.02. The molecule has 0 bridgehead atoms. The Labute approximate surface area is 125 Å². The Morgan fingerprint density at radius 3 is 2.62 bits per heavy atom. The summed E-state index contributed by atoms with van der Waals surface area (Å²) in [6.07, 6.45) is 3.59. The van der Waals surface area contributed by atoms with Crippen LogP contribution in [0.15, 0.2) is 12.3 Å². The molecular formula is C14H25N5O2. The predicted octanol–water partition coefficient (Wildman–Crippen LogP) is 1.41. The van der Waals surface area contributed by atoms with Gasteiger partial charge in [-0.25, -0.2) is 0 Å². The van der Waals surface area contributed by atoms with Crippen molar-refractivity contribution in [3.63, 3.8) is 0 Å². The Bertz CT molecular complexity index is 511. The monoisotopic (exact) mass is 295 g/mol. The van der Waals surface area contributed by atoms with E-state index in [2.05, 4.69) is 12.0 Å². The van der Waals surface area contributed by atoms with Crippen molar-refractivity contribution in [3.05, 3.63) is 18.0 Å². The molecule has 1 saturated heterocycles. The fourth-order valence-electron chi connectivity index (χ4n) is 2.85. The summed E-state index contributed by atoms with van der Waals surface area (Å²) in [5, 5.41) is 4.31. The molecule has 2 amide bonds. The quantitative estimate of drug-likeness (QED) is 0.802. The highest BCUT2D eigenvalue weighted by molar-refractivity contribution is 6.34. The molecule has 0 unspecified atom stereocenters. The Morgan fingerprint density at radius 1 is 1.38 bits per heavy atom. The average molecular weight is 295 g/mol. The molecule has 7 nitrogen and oxygen atoms in total. The molecule has 21 heavy (non-hydrogen) atoms. The van der Waals surface area contributed by atoms with E-state index in [-0.39, 0.29) is 18.2 Å². The van der Waals surface area contributed by atoms with Gasteiger partial charge in [-0.15, -0.1) is 0 Å². The van der Waals surface area contributed by atoms with Gasteiger partial charge in [0.2, 0.25) is 0 Å². The zero-order valence-electron chi connectivity index (χ0n) is 13.0. The van der Waals surface area contributed by atoms with Gasteiger partial charge in [-0.3, -0.25) is 14.3 Å². The van der Waals surface area contributed by atoms with E-state index in [0.29, 0.717) is 12.5 Å². The van der Waals surface area contributed by atoms with E-state index in [0.717, 1.165) is 18.5 Å². The van der Waals surface area contributed by atoms with Crippen LogP contribution in [0.4, 0.5) is 0 Å². The Hall–Kier alpha value is -1.89. The second-order valence-corrected chi connectivity index (χ2v) is 5.81. The van der Waals surface area contributed by atoms with Crippen molar-refractivity contribution < 1.29 is 9.59 Å². The van der Waals surface area contributed by atoms with Crippen molar-refractivity contribution >= 4 is 11.8 Å². The van der Waals surface area contributed by atoms with Gasteiger partial charge in [0.05, 0.1) is 11.7 Å². The van der Waals surface area contributed by atoms with Crippen LogP contribution in [-0.2, 0) is 9.59 Å². The number of hydrogen-bond donors (Lipinski definition) is 2. The fraction of sp³-hybridized carbons (Fsp3) is 0.643. The Morgan fingerprint density at radius 2 is 2.05 bits per heavy atom. The van der Waals surface area contributed by atoms with E-state index >= 15 is 0 Å². The topological polar surface area (TPSA) is 116 Å². The summed E-state index contributed by atoms with van der Waals surface area (Å²) in [5.41, 5.74) is 6.15. The van der Waals surface area contributed by atoms with Crippen LogP contribution in [0.5, 0.6) is 0 Å². The molecular weight excluding hydrogens is 270 g/mol. The van der Waals surface area contributed by atoms with E-state index in [9.17, 15) is 9.59 Å². The lowest BCUT2D eigenvalue weighted by atomic mass is 9.92.